The highest BCUT2D eigenvalue weighted by Gasteiger charge is 2.27. The molecule has 1 aliphatic heterocycles. The molecule has 0 spiro atoms. The number of aryl methyl sites for hydroxylation is 1. The van der Waals surface area contributed by atoms with Crippen LogP contribution in [0.2, 0.25) is 0 Å². The summed E-state index contributed by atoms with van der Waals surface area (Å²) in [6, 6.07) is 28.4. The lowest BCUT2D eigenvalue weighted by Crippen LogP contribution is -2.54. The zero-order valence-electron chi connectivity index (χ0n) is 19.4. The number of piperazine rings is 1. The number of fused-ring (bicyclic) bond motifs is 1. The topological polar surface area (TPSA) is 15.7 Å². The standard InChI is InChI=1S/C28H30N2OS.2ClH/c1-22-21-32-28-16-26(12-13-27(22)28)31-20-25-19-29(17-23-8-4-2-5-9-23)14-15-30(25)18-24-10-6-3-7-11-24;;/h2-13,16,21,25H,14-15,17-20H2,1H3;2*1H. The van der Waals surface area contributed by atoms with Crippen LogP contribution in [0.3, 0.4) is 0 Å². The molecule has 180 valence electrons. The Morgan fingerprint density at radius 2 is 1.53 bits per heavy atom. The van der Waals surface area contributed by atoms with Gasteiger partial charge in [-0.1, -0.05) is 60.7 Å². The number of halogens is 2. The van der Waals surface area contributed by atoms with Crippen molar-refractivity contribution in [2.45, 2.75) is 26.1 Å². The third-order valence-corrected chi connectivity index (χ3v) is 7.41. The third-order valence-electron chi connectivity index (χ3n) is 6.35. The summed E-state index contributed by atoms with van der Waals surface area (Å²) in [4.78, 5) is 5.15. The molecule has 0 aliphatic carbocycles. The maximum atomic E-state index is 6.37. The lowest BCUT2D eigenvalue weighted by molar-refractivity contribution is 0.0376. The Bertz CT molecular complexity index is 1150. The highest BCUT2D eigenvalue weighted by atomic mass is 35.5. The summed E-state index contributed by atoms with van der Waals surface area (Å²) < 4.78 is 7.67. The van der Waals surface area contributed by atoms with Crippen molar-refractivity contribution in [3.8, 4) is 5.75 Å². The molecule has 1 saturated heterocycles. The van der Waals surface area contributed by atoms with Gasteiger partial charge in [0.15, 0.2) is 0 Å². The zero-order chi connectivity index (χ0) is 21.8. The van der Waals surface area contributed by atoms with Crippen LogP contribution < -0.4 is 4.74 Å². The molecule has 3 nitrogen and oxygen atoms in total. The normalized spacial score (nSPS) is 16.6. The summed E-state index contributed by atoms with van der Waals surface area (Å²) in [5.74, 6) is 0.971. The van der Waals surface area contributed by atoms with Crippen LogP contribution in [0.25, 0.3) is 10.1 Å². The number of benzene rings is 3. The van der Waals surface area contributed by atoms with Crippen LogP contribution in [0.15, 0.2) is 84.2 Å². The summed E-state index contributed by atoms with van der Waals surface area (Å²) in [6.45, 7) is 7.99. The van der Waals surface area contributed by atoms with Gasteiger partial charge in [-0.3, -0.25) is 9.80 Å². The van der Waals surface area contributed by atoms with Crippen molar-refractivity contribution in [2.75, 3.05) is 26.2 Å². The molecule has 6 heteroatoms. The molecule has 1 unspecified atom stereocenters. The molecule has 1 aliphatic rings. The SMILES string of the molecule is Cc1csc2cc(OCC3CN(Cc4ccccc4)CCN3Cc3ccccc3)ccc12.Cl.Cl. The van der Waals surface area contributed by atoms with Gasteiger partial charge < -0.3 is 4.74 Å². The largest absolute Gasteiger partial charge is 0.492 e. The van der Waals surface area contributed by atoms with E-state index in [-0.39, 0.29) is 24.8 Å². The van der Waals surface area contributed by atoms with Crippen LogP contribution in [-0.4, -0.2) is 42.1 Å². The molecule has 1 aromatic heterocycles. The summed E-state index contributed by atoms with van der Waals surface area (Å²) in [6.07, 6.45) is 0. The van der Waals surface area contributed by atoms with Gasteiger partial charge in [0.25, 0.3) is 0 Å². The maximum absolute atomic E-state index is 6.37. The van der Waals surface area contributed by atoms with Crippen LogP contribution in [0, 0.1) is 6.92 Å². The van der Waals surface area contributed by atoms with Gasteiger partial charge >= 0.3 is 0 Å². The summed E-state index contributed by atoms with van der Waals surface area (Å²) >= 11 is 1.79. The summed E-state index contributed by atoms with van der Waals surface area (Å²) in [5.41, 5.74) is 4.08. The maximum Gasteiger partial charge on any atom is 0.120 e. The Labute approximate surface area is 219 Å². The van der Waals surface area contributed by atoms with E-state index >= 15 is 0 Å². The fourth-order valence-corrected chi connectivity index (χ4v) is 5.52. The Hall–Kier alpha value is -2.08. The fourth-order valence-electron chi connectivity index (χ4n) is 4.55. The molecule has 0 bridgehead atoms. The Balaban J connectivity index is 0.00000162. The van der Waals surface area contributed by atoms with Crippen molar-refractivity contribution in [3.63, 3.8) is 0 Å². The van der Waals surface area contributed by atoms with Gasteiger partial charge in [0.2, 0.25) is 0 Å². The minimum absolute atomic E-state index is 0. The number of hydrogen-bond acceptors (Lipinski definition) is 4. The highest BCUT2D eigenvalue weighted by Crippen LogP contribution is 2.29. The average Bonchev–Trinajstić information content (AvgIpc) is 3.20. The Morgan fingerprint density at radius 3 is 2.24 bits per heavy atom. The van der Waals surface area contributed by atoms with Gasteiger partial charge in [0.05, 0.1) is 6.04 Å². The van der Waals surface area contributed by atoms with Crippen LogP contribution >= 0.6 is 36.2 Å². The number of nitrogens with zero attached hydrogens (tertiary/aromatic N) is 2. The quantitative estimate of drug-likeness (QED) is 0.269. The molecule has 0 N–H and O–H groups in total. The second-order valence-electron chi connectivity index (χ2n) is 8.72. The molecule has 1 fully saturated rings. The van der Waals surface area contributed by atoms with Crippen molar-refractivity contribution >= 4 is 46.2 Å². The van der Waals surface area contributed by atoms with Crippen molar-refractivity contribution < 1.29 is 4.74 Å². The van der Waals surface area contributed by atoms with Crippen molar-refractivity contribution in [1.29, 1.82) is 0 Å². The van der Waals surface area contributed by atoms with E-state index in [0.29, 0.717) is 12.6 Å². The van der Waals surface area contributed by atoms with E-state index in [2.05, 4.69) is 101 Å². The van der Waals surface area contributed by atoms with Crippen molar-refractivity contribution in [2.24, 2.45) is 0 Å². The minimum atomic E-state index is 0. The van der Waals surface area contributed by atoms with Gasteiger partial charge in [0, 0.05) is 37.4 Å². The lowest BCUT2D eigenvalue weighted by Gasteiger charge is -2.41. The molecule has 34 heavy (non-hydrogen) atoms. The molecular weight excluding hydrogens is 483 g/mol. The molecule has 2 heterocycles. The first kappa shape index (κ1) is 26.5. The first-order valence-corrected chi connectivity index (χ1v) is 12.3. The van der Waals surface area contributed by atoms with Gasteiger partial charge in [0.1, 0.15) is 12.4 Å². The second-order valence-corrected chi connectivity index (χ2v) is 9.63. The van der Waals surface area contributed by atoms with Crippen molar-refractivity contribution in [3.05, 3.63) is 101 Å². The van der Waals surface area contributed by atoms with Crippen LogP contribution in [-0.2, 0) is 13.1 Å². The average molecular weight is 516 g/mol. The van der Waals surface area contributed by atoms with E-state index in [1.807, 2.05) is 0 Å². The lowest BCUT2D eigenvalue weighted by atomic mass is 10.1. The summed E-state index contributed by atoms with van der Waals surface area (Å²) in [7, 11) is 0. The smallest absolute Gasteiger partial charge is 0.120 e. The molecule has 1 atom stereocenters. The van der Waals surface area contributed by atoms with E-state index in [4.69, 9.17) is 4.74 Å². The minimum Gasteiger partial charge on any atom is -0.492 e. The van der Waals surface area contributed by atoms with E-state index in [1.165, 1.54) is 26.8 Å². The highest BCUT2D eigenvalue weighted by molar-refractivity contribution is 7.17. The predicted molar refractivity (Wildman–Crippen MR) is 149 cm³/mol. The van der Waals surface area contributed by atoms with E-state index in [1.54, 1.807) is 11.3 Å². The molecule has 3 aromatic carbocycles. The van der Waals surface area contributed by atoms with Gasteiger partial charge in [-0.25, -0.2) is 0 Å². The van der Waals surface area contributed by atoms with Gasteiger partial charge in [-0.15, -0.1) is 36.2 Å². The monoisotopic (exact) mass is 514 g/mol. The number of hydrogen-bond donors (Lipinski definition) is 0. The molecule has 0 saturated carbocycles. The molecule has 0 amide bonds. The zero-order valence-corrected chi connectivity index (χ0v) is 21.9. The Morgan fingerprint density at radius 1 is 0.853 bits per heavy atom. The van der Waals surface area contributed by atoms with E-state index in [9.17, 15) is 0 Å². The van der Waals surface area contributed by atoms with Crippen LogP contribution in [0.1, 0.15) is 16.7 Å². The van der Waals surface area contributed by atoms with Crippen LogP contribution in [0.4, 0.5) is 0 Å². The first-order valence-electron chi connectivity index (χ1n) is 11.4. The van der Waals surface area contributed by atoms with Crippen molar-refractivity contribution in [1.82, 2.24) is 9.80 Å². The Kier molecular flexibility index (Phi) is 9.81. The first-order chi connectivity index (χ1) is 15.7. The van der Waals surface area contributed by atoms with E-state index < -0.39 is 0 Å². The second kappa shape index (κ2) is 12.6. The van der Waals surface area contributed by atoms with Crippen LogP contribution in [0.5, 0.6) is 5.75 Å². The number of ether oxygens (including phenoxy) is 1. The fraction of sp³-hybridized carbons (Fsp3) is 0.286. The molecule has 4 aromatic rings. The molecular formula is C28H32Cl2N2OS. The van der Waals surface area contributed by atoms with Gasteiger partial charge in [-0.2, -0.15) is 0 Å². The molecule has 5 rings (SSSR count). The van der Waals surface area contributed by atoms with Gasteiger partial charge in [-0.05, 0) is 52.6 Å². The number of thiophene rings is 1. The molecule has 0 radical (unpaired) electrons. The third kappa shape index (κ3) is 6.53. The predicted octanol–water partition coefficient (Wildman–Crippen LogP) is 6.82. The van der Waals surface area contributed by atoms with E-state index in [0.717, 1.165) is 38.5 Å². The number of rotatable bonds is 7. The summed E-state index contributed by atoms with van der Waals surface area (Å²) in [5, 5.41) is 3.55.